The normalized spacial score (nSPS) is 23.4. The van der Waals surface area contributed by atoms with Crippen LogP contribution in [0.2, 0.25) is 0 Å². The van der Waals surface area contributed by atoms with Crippen LogP contribution in [0.1, 0.15) is 25.6 Å². The fourth-order valence-electron chi connectivity index (χ4n) is 2.03. The van der Waals surface area contributed by atoms with Gasteiger partial charge in [-0.15, -0.1) is 0 Å². The Kier molecular flexibility index (Phi) is 2.52. The number of nitrogen functional groups attached to an aromatic ring is 1. The summed E-state index contributed by atoms with van der Waals surface area (Å²) < 4.78 is 10.9. The highest BCUT2D eigenvalue weighted by molar-refractivity contribution is 5.50. The number of nitrogens with two attached hydrogens (primary N) is 1. The minimum Gasteiger partial charge on any atom is -0.397 e. The van der Waals surface area contributed by atoms with Crippen molar-refractivity contribution in [3.8, 4) is 11.6 Å². The summed E-state index contributed by atoms with van der Waals surface area (Å²) in [6.07, 6.45) is 3.48. The van der Waals surface area contributed by atoms with E-state index in [9.17, 15) is 0 Å². The number of hydrogen-bond donors (Lipinski definition) is 1. The molecule has 0 saturated carbocycles. The molecule has 3 heterocycles. The molecular weight excluding hydrogens is 232 g/mol. The third-order valence-corrected chi connectivity index (χ3v) is 3.12. The van der Waals surface area contributed by atoms with Gasteiger partial charge < -0.3 is 15.0 Å². The maximum atomic E-state index is 5.67. The first-order valence-electron chi connectivity index (χ1n) is 5.87. The van der Waals surface area contributed by atoms with Gasteiger partial charge in [0.15, 0.2) is 0 Å². The van der Waals surface area contributed by atoms with Gasteiger partial charge in [0.05, 0.1) is 11.9 Å². The maximum absolute atomic E-state index is 5.67. The second-order valence-corrected chi connectivity index (χ2v) is 4.58. The molecule has 18 heavy (non-hydrogen) atoms. The lowest BCUT2D eigenvalue weighted by atomic mass is 10.0. The van der Waals surface area contributed by atoms with E-state index in [1.54, 1.807) is 18.3 Å². The topological polar surface area (TPSA) is 87.1 Å². The Morgan fingerprint density at radius 3 is 2.94 bits per heavy atom. The van der Waals surface area contributed by atoms with Gasteiger partial charge in [0.1, 0.15) is 11.3 Å². The minimum atomic E-state index is -0.435. The standard InChI is InChI=1S/C12H14N4O2/c1-12(5-2-6-17-12)11-15-10(18-16-11)9-4-3-8(13)7-14-9/h3-4,7H,2,5-6,13H2,1H3. The van der Waals surface area contributed by atoms with Crippen molar-refractivity contribution in [3.05, 3.63) is 24.2 Å². The van der Waals surface area contributed by atoms with E-state index in [-0.39, 0.29) is 0 Å². The highest BCUT2D eigenvalue weighted by atomic mass is 16.5. The monoisotopic (exact) mass is 246 g/mol. The van der Waals surface area contributed by atoms with Crippen molar-refractivity contribution in [1.82, 2.24) is 15.1 Å². The summed E-state index contributed by atoms with van der Waals surface area (Å²) in [6, 6.07) is 3.50. The molecule has 2 aromatic rings. The average molecular weight is 246 g/mol. The Balaban J connectivity index is 1.91. The quantitative estimate of drug-likeness (QED) is 0.868. The molecule has 0 amide bonds. The van der Waals surface area contributed by atoms with Crippen molar-refractivity contribution in [2.24, 2.45) is 0 Å². The summed E-state index contributed by atoms with van der Waals surface area (Å²) in [5.74, 6) is 0.968. The van der Waals surface area contributed by atoms with Gasteiger partial charge in [-0.05, 0) is 31.9 Å². The van der Waals surface area contributed by atoms with Crippen LogP contribution in [0.15, 0.2) is 22.9 Å². The molecule has 0 bridgehead atoms. The largest absolute Gasteiger partial charge is 0.397 e. The number of anilines is 1. The zero-order valence-electron chi connectivity index (χ0n) is 10.1. The lowest BCUT2D eigenvalue weighted by molar-refractivity contribution is 0.00768. The molecule has 1 aliphatic heterocycles. The number of ether oxygens (including phenoxy) is 1. The van der Waals surface area contributed by atoms with Crippen LogP contribution in [0, 0.1) is 0 Å². The van der Waals surface area contributed by atoms with Crippen molar-refractivity contribution in [2.75, 3.05) is 12.3 Å². The molecule has 1 fully saturated rings. The first kappa shape index (κ1) is 11.2. The van der Waals surface area contributed by atoms with Gasteiger partial charge in [0, 0.05) is 6.61 Å². The van der Waals surface area contributed by atoms with Crippen LogP contribution in [0.5, 0.6) is 0 Å². The van der Waals surface area contributed by atoms with E-state index in [1.807, 2.05) is 6.92 Å². The molecule has 3 rings (SSSR count). The van der Waals surface area contributed by atoms with Gasteiger partial charge in [0.2, 0.25) is 5.82 Å². The smallest absolute Gasteiger partial charge is 0.276 e. The van der Waals surface area contributed by atoms with E-state index in [4.69, 9.17) is 15.0 Å². The summed E-state index contributed by atoms with van der Waals surface area (Å²) >= 11 is 0. The Bertz CT molecular complexity index is 543. The van der Waals surface area contributed by atoms with Gasteiger partial charge in [0.25, 0.3) is 5.89 Å². The molecule has 2 N–H and O–H groups in total. The Morgan fingerprint density at radius 1 is 1.39 bits per heavy atom. The van der Waals surface area contributed by atoms with Crippen LogP contribution in [-0.2, 0) is 10.3 Å². The number of aromatic nitrogens is 3. The fraction of sp³-hybridized carbons (Fsp3) is 0.417. The summed E-state index contributed by atoms with van der Waals surface area (Å²) in [5.41, 5.74) is 6.36. The van der Waals surface area contributed by atoms with Gasteiger partial charge in [-0.3, -0.25) is 0 Å². The van der Waals surface area contributed by atoms with Crippen molar-refractivity contribution in [1.29, 1.82) is 0 Å². The van der Waals surface area contributed by atoms with E-state index in [0.717, 1.165) is 19.4 Å². The number of nitrogens with zero attached hydrogens (tertiary/aromatic N) is 3. The van der Waals surface area contributed by atoms with Crippen LogP contribution in [0.3, 0.4) is 0 Å². The van der Waals surface area contributed by atoms with E-state index >= 15 is 0 Å². The fourth-order valence-corrected chi connectivity index (χ4v) is 2.03. The van der Waals surface area contributed by atoms with Crippen LogP contribution < -0.4 is 5.73 Å². The Hall–Kier alpha value is -1.95. The third-order valence-electron chi connectivity index (χ3n) is 3.12. The molecule has 1 atom stereocenters. The molecule has 1 unspecified atom stereocenters. The molecule has 94 valence electrons. The summed E-state index contributed by atoms with van der Waals surface area (Å²) in [6.45, 7) is 2.71. The van der Waals surface area contributed by atoms with Gasteiger partial charge >= 0.3 is 0 Å². The first-order valence-corrected chi connectivity index (χ1v) is 5.87. The first-order chi connectivity index (χ1) is 8.67. The van der Waals surface area contributed by atoms with Gasteiger partial charge in [-0.1, -0.05) is 5.16 Å². The number of hydrogen-bond acceptors (Lipinski definition) is 6. The predicted molar refractivity (Wildman–Crippen MR) is 64.5 cm³/mol. The molecule has 2 aromatic heterocycles. The molecule has 0 radical (unpaired) electrons. The summed E-state index contributed by atoms with van der Waals surface area (Å²) in [4.78, 5) is 8.51. The zero-order chi connectivity index (χ0) is 12.6. The predicted octanol–water partition coefficient (Wildman–Crippen LogP) is 1.74. The summed E-state index contributed by atoms with van der Waals surface area (Å²) in [7, 11) is 0. The van der Waals surface area contributed by atoms with Crippen molar-refractivity contribution in [3.63, 3.8) is 0 Å². The minimum absolute atomic E-state index is 0.390. The highest BCUT2D eigenvalue weighted by Crippen LogP contribution is 2.34. The Morgan fingerprint density at radius 2 is 2.28 bits per heavy atom. The number of rotatable bonds is 2. The van der Waals surface area contributed by atoms with E-state index in [0.29, 0.717) is 23.1 Å². The molecule has 0 aromatic carbocycles. The second kappa shape index (κ2) is 4.06. The van der Waals surface area contributed by atoms with Crippen LogP contribution in [0.25, 0.3) is 11.6 Å². The lowest BCUT2D eigenvalue weighted by Gasteiger charge is -2.17. The van der Waals surface area contributed by atoms with Gasteiger partial charge in [-0.25, -0.2) is 4.98 Å². The number of pyridine rings is 1. The van der Waals surface area contributed by atoms with E-state index in [2.05, 4.69) is 15.1 Å². The molecular formula is C12H14N4O2. The average Bonchev–Trinajstić information content (AvgIpc) is 2.99. The molecule has 0 spiro atoms. The summed E-state index contributed by atoms with van der Waals surface area (Å²) in [5, 5.41) is 3.99. The second-order valence-electron chi connectivity index (χ2n) is 4.58. The van der Waals surface area contributed by atoms with Crippen LogP contribution in [-0.4, -0.2) is 21.7 Å². The van der Waals surface area contributed by atoms with Crippen LogP contribution in [0.4, 0.5) is 5.69 Å². The molecule has 6 heteroatoms. The van der Waals surface area contributed by atoms with Crippen molar-refractivity contribution < 1.29 is 9.26 Å². The molecule has 1 aliphatic rings. The molecule has 0 aliphatic carbocycles. The van der Waals surface area contributed by atoms with Crippen molar-refractivity contribution in [2.45, 2.75) is 25.4 Å². The Labute approximate surface area is 104 Å². The van der Waals surface area contributed by atoms with E-state index in [1.165, 1.54) is 0 Å². The maximum Gasteiger partial charge on any atom is 0.276 e. The third kappa shape index (κ3) is 1.84. The van der Waals surface area contributed by atoms with E-state index < -0.39 is 5.60 Å². The zero-order valence-corrected chi connectivity index (χ0v) is 10.1. The molecule has 6 nitrogen and oxygen atoms in total. The van der Waals surface area contributed by atoms with Crippen LogP contribution >= 0.6 is 0 Å². The molecule has 1 saturated heterocycles. The SMILES string of the molecule is CC1(c2noc(-c3ccc(N)cn3)n2)CCCO1. The highest BCUT2D eigenvalue weighted by Gasteiger charge is 2.36. The van der Waals surface area contributed by atoms with Crippen molar-refractivity contribution >= 4 is 5.69 Å². The lowest BCUT2D eigenvalue weighted by Crippen LogP contribution is -2.21. The van der Waals surface area contributed by atoms with Gasteiger partial charge in [-0.2, -0.15) is 4.98 Å².